The van der Waals surface area contributed by atoms with Crippen LogP contribution < -0.4 is 4.90 Å². The van der Waals surface area contributed by atoms with Crippen LogP contribution in [0, 0.1) is 6.92 Å². The number of carbonyl (C=O) groups excluding carboxylic acids is 1. The molecule has 1 amide bonds. The molecule has 0 unspecified atom stereocenters. The largest absolute Gasteiger partial charge is 0.390 e. The first-order valence-electron chi connectivity index (χ1n) is 8.46. The summed E-state index contributed by atoms with van der Waals surface area (Å²) < 4.78 is 2.02. The molecule has 0 radical (unpaired) electrons. The van der Waals surface area contributed by atoms with E-state index in [0.29, 0.717) is 6.42 Å². The number of hydrogen-bond acceptors (Lipinski definition) is 3. The number of anilines is 1. The fourth-order valence-corrected chi connectivity index (χ4v) is 3.86. The van der Waals surface area contributed by atoms with Crippen LogP contribution in [0.3, 0.4) is 0 Å². The fourth-order valence-electron chi connectivity index (χ4n) is 3.86. The van der Waals surface area contributed by atoms with E-state index < -0.39 is 12.1 Å². The molecule has 128 valence electrons. The lowest BCUT2D eigenvalue weighted by atomic mass is 9.88. The van der Waals surface area contributed by atoms with Crippen molar-refractivity contribution in [3.05, 3.63) is 59.4 Å². The number of amides is 1. The van der Waals surface area contributed by atoms with Crippen molar-refractivity contribution in [2.45, 2.75) is 32.4 Å². The van der Waals surface area contributed by atoms with Gasteiger partial charge >= 0.3 is 0 Å². The molecule has 0 saturated carbocycles. The minimum absolute atomic E-state index is 0.0929. The second-order valence-corrected chi connectivity index (χ2v) is 6.68. The number of carbonyl (C=O) groups is 1. The van der Waals surface area contributed by atoms with E-state index in [0.717, 1.165) is 33.7 Å². The topological polar surface area (TPSA) is 58.4 Å². The molecule has 0 aliphatic carbocycles. The Bertz CT molecular complexity index is 962. The molecule has 2 heterocycles. The van der Waals surface area contributed by atoms with E-state index in [9.17, 15) is 9.90 Å². The van der Waals surface area contributed by atoms with Gasteiger partial charge in [-0.25, -0.2) is 4.98 Å². The normalized spacial score (nSPS) is 19.9. The van der Waals surface area contributed by atoms with Gasteiger partial charge in [0.15, 0.2) is 0 Å². The minimum Gasteiger partial charge on any atom is -0.390 e. The van der Waals surface area contributed by atoms with Crippen LogP contribution in [0.15, 0.2) is 42.5 Å². The van der Waals surface area contributed by atoms with Gasteiger partial charge in [0, 0.05) is 20.4 Å². The summed E-state index contributed by atoms with van der Waals surface area (Å²) in [6.07, 6.45) is -0.148. The molecule has 1 aliphatic rings. The Balaban J connectivity index is 1.99. The fraction of sp³-hybridized carbons (Fsp3) is 0.300. The molecule has 0 saturated heterocycles. The third-order valence-corrected chi connectivity index (χ3v) is 5.13. The summed E-state index contributed by atoms with van der Waals surface area (Å²) in [5.41, 5.74) is 4.53. The monoisotopic (exact) mass is 335 g/mol. The number of nitrogens with zero attached hydrogens (tertiary/aromatic N) is 3. The van der Waals surface area contributed by atoms with Gasteiger partial charge in [-0.3, -0.25) is 4.79 Å². The van der Waals surface area contributed by atoms with Crippen LogP contribution >= 0.6 is 0 Å². The summed E-state index contributed by atoms with van der Waals surface area (Å²) in [6.45, 7) is 3.50. The highest BCUT2D eigenvalue weighted by atomic mass is 16.3. The SMILES string of the molecule is CC(=O)N1c2c(ccc3c2nc(C)n3C)C[C@H](O)[C@H]1c1ccccc1. The van der Waals surface area contributed by atoms with Gasteiger partial charge in [0.2, 0.25) is 5.91 Å². The Labute approximate surface area is 146 Å². The van der Waals surface area contributed by atoms with Gasteiger partial charge in [-0.2, -0.15) is 0 Å². The van der Waals surface area contributed by atoms with Crippen molar-refractivity contribution in [1.82, 2.24) is 9.55 Å². The zero-order valence-electron chi connectivity index (χ0n) is 14.6. The molecule has 0 fully saturated rings. The maximum absolute atomic E-state index is 12.6. The quantitative estimate of drug-likeness (QED) is 0.744. The molecule has 3 aromatic rings. The zero-order chi connectivity index (χ0) is 17.7. The van der Waals surface area contributed by atoms with Crippen LogP contribution in [-0.2, 0) is 18.3 Å². The summed E-state index contributed by atoms with van der Waals surface area (Å²) in [6, 6.07) is 13.3. The van der Waals surface area contributed by atoms with E-state index >= 15 is 0 Å². The molecule has 5 heteroatoms. The minimum atomic E-state index is -0.652. The Morgan fingerprint density at radius 2 is 1.92 bits per heavy atom. The molecule has 1 aromatic heterocycles. The van der Waals surface area contributed by atoms with Crippen molar-refractivity contribution in [2.75, 3.05) is 4.90 Å². The van der Waals surface area contributed by atoms with Crippen molar-refractivity contribution < 1.29 is 9.90 Å². The summed E-state index contributed by atoms with van der Waals surface area (Å²) in [7, 11) is 1.97. The number of aryl methyl sites for hydroxylation is 2. The number of aliphatic hydroxyl groups is 1. The van der Waals surface area contributed by atoms with E-state index in [4.69, 9.17) is 4.98 Å². The number of imidazole rings is 1. The molecule has 2 atom stereocenters. The van der Waals surface area contributed by atoms with Gasteiger partial charge in [0.05, 0.1) is 23.3 Å². The Morgan fingerprint density at radius 1 is 1.20 bits per heavy atom. The predicted octanol–water partition coefficient (Wildman–Crippen LogP) is 2.89. The molecule has 25 heavy (non-hydrogen) atoms. The smallest absolute Gasteiger partial charge is 0.224 e. The molecule has 1 aliphatic heterocycles. The summed E-state index contributed by atoms with van der Waals surface area (Å²) in [5.74, 6) is 0.805. The second-order valence-electron chi connectivity index (χ2n) is 6.68. The first kappa shape index (κ1) is 15.8. The molecule has 1 N–H and O–H groups in total. The van der Waals surface area contributed by atoms with Crippen molar-refractivity contribution in [3.8, 4) is 0 Å². The van der Waals surface area contributed by atoms with Gasteiger partial charge in [0.1, 0.15) is 11.3 Å². The van der Waals surface area contributed by atoms with Gasteiger partial charge in [-0.15, -0.1) is 0 Å². The van der Waals surface area contributed by atoms with Crippen LogP contribution in [-0.4, -0.2) is 26.7 Å². The average Bonchev–Trinajstić information content (AvgIpc) is 2.89. The lowest BCUT2D eigenvalue weighted by molar-refractivity contribution is -0.117. The highest BCUT2D eigenvalue weighted by molar-refractivity contribution is 6.03. The second kappa shape index (κ2) is 5.70. The van der Waals surface area contributed by atoms with Crippen LogP contribution in [0.4, 0.5) is 5.69 Å². The highest BCUT2D eigenvalue weighted by Crippen LogP contribution is 2.42. The Morgan fingerprint density at radius 3 is 2.60 bits per heavy atom. The predicted molar refractivity (Wildman–Crippen MR) is 97.5 cm³/mol. The van der Waals surface area contributed by atoms with Crippen molar-refractivity contribution in [2.24, 2.45) is 7.05 Å². The maximum atomic E-state index is 12.6. The van der Waals surface area contributed by atoms with Crippen LogP contribution in [0.2, 0.25) is 0 Å². The molecule has 0 spiro atoms. The summed E-state index contributed by atoms with van der Waals surface area (Å²) >= 11 is 0. The van der Waals surface area contributed by atoms with Gasteiger partial charge in [-0.05, 0) is 24.1 Å². The number of aromatic nitrogens is 2. The molecule has 2 aromatic carbocycles. The lowest BCUT2D eigenvalue weighted by Crippen LogP contribution is -2.44. The van der Waals surface area contributed by atoms with E-state index in [1.807, 2.05) is 61.0 Å². The van der Waals surface area contributed by atoms with Crippen molar-refractivity contribution in [3.63, 3.8) is 0 Å². The van der Waals surface area contributed by atoms with Crippen LogP contribution in [0.25, 0.3) is 11.0 Å². The lowest BCUT2D eigenvalue weighted by Gasteiger charge is -2.40. The van der Waals surface area contributed by atoms with Crippen LogP contribution in [0.1, 0.15) is 29.9 Å². The number of rotatable bonds is 1. The third kappa shape index (κ3) is 2.35. The molecule has 5 nitrogen and oxygen atoms in total. The van der Waals surface area contributed by atoms with Crippen LogP contribution in [0.5, 0.6) is 0 Å². The maximum Gasteiger partial charge on any atom is 0.224 e. The van der Waals surface area contributed by atoms with Gasteiger partial charge in [-0.1, -0.05) is 36.4 Å². The first-order valence-corrected chi connectivity index (χ1v) is 8.46. The number of hydrogen-bond donors (Lipinski definition) is 1. The molecular formula is C20H21N3O2. The molecular weight excluding hydrogens is 314 g/mol. The van der Waals surface area contributed by atoms with Gasteiger partial charge < -0.3 is 14.6 Å². The van der Waals surface area contributed by atoms with E-state index in [2.05, 4.69) is 0 Å². The third-order valence-electron chi connectivity index (χ3n) is 5.13. The number of aliphatic hydroxyl groups excluding tert-OH is 1. The summed E-state index contributed by atoms with van der Waals surface area (Å²) in [4.78, 5) is 19.0. The van der Waals surface area contributed by atoms with Crippen molar-refractivity contribution in [1.29, 1.82) is 0 Å². The van der Waals surface area contributed by atoms with E-state index in [-0.39, 0.29) is 5.91 Å². The molecule has 0 bridgehead atoms. The Kier molecular flexibility index (Phi) is 3.62. The standard InChI is InChI=1S/C20H21N3O2/c1-12-21-18-16(22(12)3)10-9-15-11-17(25)19(14-7-5-4-6-8-14)23(13(2)24)20(15)18/h4-10,17,19,25H,11H2,1-3H3/t17-,19+/m0/s1. The Hall–Kier alpha value is -2.66. The zero-order valence-corrected chi connectivity index (χ0v) is 14.6. The number of benzene rings is 2. The first-order chi connectivity index (χ1) is 12.0. The summed E-state index contributed by atoms with van der Waals surface area (Å²) in [5, 5.41) is 10.8. The van der Waals surface area contributed by atoms with Gasteiger partial charge in [0.25, 0.3) is 0 Å². The highest BCUT2D eigenvalue weighted by Gasteiger charge is 2.38. The average molecular weight is 335 g/mol. The number of fused-ring (bicyclic) bond motifs is 3. The molecule has 4 rings (SSSR count). The van der Waals surface area contributed by atoms with Crippen molar-refractivity contribution >= 4 is 22.6 Å². The van der Waals surface area contributed by atoms with E-state index in [1.165, 1.54) is 0 Å². The van der Waals surface area contributed by atoms with E-state index in [1.54, 1.807) is 11.8 Å².